The Morgan fingerprint density at radius 2 is 2.08 bits per heavy atom. The van der Waals surface area contributed by atoms with E-state index in [0.29, 0.717) is 11.9 Å². The van der Waals surface area contributed by atoms with E-state index >= 15 is 0 Å². The van der Waals surface area contributed by atoms with Crippen LogP contribution in [0.25, 0.3) is 0 Å². The maximum Gasteiger partial charge on any atom is 0.416 e. The number of ether oxygens (including phenoxy) is 1. The minimum absolute atomic E-state index is 0.0559. The van der Waals surface area contributed by atoms with Gasteiger partial charge in [-0.25, -0.2) is 19.1 Å². The van der Waals surface area contributed by atoms with E-state index in [0.717, 1.165) is 18.3 Å². The van der Waals surface area contributed by atoms with Gasteiger partial charge in [-0.05, 0) is 24.3 Å². The summed E-state index contributed by atoms with van der Waals surface area (Å²) in [6, 6.07) is 8.98. The Morgan fingerprint density at radius 1 is 1.29 bits per heavy atom. The average Bonchev–Trinajstić information content (AvgIpc) is 3.36. The smallest absolute Gasteiger partial charge is 0.416 e. The van der Waals surface area contributed by atoms with Gasteiger partial charge in [-0.3, -0.25) is 0 Å². The maximum atomic E-state index is 14.3. The number of benzene rings is 1. The van der Waals surface area contributed by atoms with Crippen LogP contribution in [0.4, 0.5) is 21.0 Å². The molecule has 1 atom stereocenters. The molecule has 1 aliphatic carbocycles. The van der Waals surface area contributed by atoms with Gasteiger partial charge in [0.05, 0.1) is 6.20 Å². The van der Waals surface area contributed by atoms with E-state index in [2.05, 4.69) is 15.3 Å². The minimum atomic E-state index is -0.647. The summed E-state index contributed by atoms with van der Waals surface area (Å²) in [6.45, 7) is 0.925. The molecule has 0 spiro atoms. The summed E-state index contributed by atoms with van der Waals surface area (Å²) in [5.74, 6) is 0.257. The van der Waals surface area contributed by atoms with Crippen LogP contribution in [-0.4, -0.2) is 29.2 Å². The Hall–Kier alpha value is -2.70. The van der Waals surface area contributed by atoms with E-state index < -0.39 is 18.0 Å². The fraction of sp³-hybridized carbons (Fsp3) is 0.353. The molecule has 0 radical (unpaired) electrons. The lowest BCUT2D eigenvalue weighted by atomic mass is 10.1. The van der Waals surface area contributed by atoms with Crippen molar-refractivity contribution in [2.75, 3.05) is 23.4 Å². The first kappa shape index (κ1) is 14.9. The number of anilines is 2. The molecule has 1 saturated carbocycles. The second kappa shape index (κ2) is 6.07. The normalized spacial score (nSPS) is 20.1. The van der Waals surface area contributed by atoms with E-state index in [1.165, 1.54) is 17.7 Å². The Bertz CT molecular complexity index is 752. The highest BCUT2D eigenvalue weighted by atomic mass is 19.1. The van der Waals surface area contributed by atoms with E-state index in [9.17, 15) is 9.18 Å². The highest BCUT2D eigenvalue weighted by molar-refractivity contribution is 5.89. The van der Waals surface area contributed by atoms with Crippen molar-refractivity contribution in [3.63, 3.8) is 0 Å². The molecule has 7 heteroatoms. The van der Waals surface area contributed by atoms with Crippen LogP contribution in [0.2, 0.25) is 0 Å². The van der Waals surface area contributed by atoms with Gasteiger partial charge in [0, 0.05) is 6.54 Å². The molecule has 2 aromatic rings. The molecule has 2 aliphatic rings. The zero-order valence-corrected chi connectivity index (χ0v) is 13.0. The van der Waals surface area contributed by atoms with Gasteiger partial charge in [-0.15, -0.1) is 0 Å². The zero-order valence-electron chi connectivity index (χ0n) is 13.0. The number of halogens is 1. The van der Waals surface area contributed by atoms with Crippen molar-refractivity contribution < 1.29 is 13.9 Å². The van der Waals surface area contributed by atoms with Gasteiger partial charge >= 0.3 is 6.09 Å². The standard InChI is InChI=1S/C17H17FN4O2/c18-13-9-20-16(19-8-11-6-7-11)21-15(13)22-14(10-24-17(22)23)12-4-2-1-3-5-12/h1-5,9,11,14H,6-8,10H2,(H,19,20,21). The first-order valence-electron chi connectivity index (χ1n) is 7.99. The van der Waals surface area contributed by atoms with Gasteiger partial charge in [0.25, 0.3) is 0 Å². The van der Waals surface area contributed by atoms with Crippen LogP contribution >= 0.6 is 0 Å². The number of carbonyl (C=O) groups is 1. The first-order valence-corrected chi connectivity index (χ1v) is 7.99. The van der Waals surface area contributed by atoms with Crippen molar-refractivity contribution in [1.29, 1.82) is 0 Å². The van der Waals surface area contributed by atoms with Crippen molar-refractivity contribution >= 4 is 17.9 Å². The summed E-state index contributed by atoms with van der Waals surface area (Å²) >= 11 is 0. The summed E-state index contributed by atoms with van der Waals surface area (Å²) in [4.78, 5) is 21.6. The molecule has 4 rings (SSSR count). The highest BCUT2D eigenvalue weighted by Gasteiger charge is 2.38. The van der Waals surface area contributed by atoms with Crippen molar-refractivity contribution in [2.24, 2.45) is 5.92 Å². The van der Waals surface area contributed by atoms with Gasteiger partial charge in [-0.1, -0.05) is 30.3 Å². The van der Waals surface area contributed by atoms with Crippen LogP contribution in [-0.2, 0) is 4.74 Å². The molecule has 24 heavy (non-hydrogen) atoms. The van der Waals surface area contributed by atoms with Crippen molar-refractivity contribution in [3.8, 4) is 0 Å². The number of hydrogen-bond donors (Lipinski definition) is 1. The molecule has 2 fully saturated rings. The molecular formula is C17H17FN4O2. The fourth-order valence-electron chi connectivity index (χ4n) is 2.75. The lowest BCUT2D eigenvalue weighted by Gasteiger charge is -2.21. The quantitative estimate of drug-likeness (QED) is 0.913. The number of cyclic esters (lactones) is 1. The number of amides is 1. The molecular weight excluding hydrogens is 311 g/mol. The molecule has 0 bridgehead atoms. The number of aromatic nitrogens is 2. The lowest BCUT2D eigenvalue weighted by Crippen LogP contribution is -2.29. The van der Waals surface area contributed by atoms with Crippen molar-refractivity contribution in [2.45, 2.75) is 18.9 Å². The summed E-state index contributed by atoms with van der Waals surface area (Å²) in [7, 11) is 0. The summed E-state index contributed by atoms with van der Waals surface area (Å²) in [6.07, 6.45) is 2.87. The lowest BCUT2D eigenvalue weighted by molar-refractivity contribution is 0.178. The van der Waals surface area contributed by atoms with Gasteiger partial charge in [0.2, 0.25) is 5.95 Å². The molecule has 6 nitrogen and oxygen atoms in total. The number of rotatable bonds is 5. The Kier molecular flexibility index (Phi) is 3.76. The molecule has 1 amide bonds. The number of nitrogens with zero attached hydrogens (tertiary/aromatic N) is 3. The van der Waals surface area contributed by atoms with Gasteiger partial charge in [0.1, 0.15) is 12.6 Å². The molecule has 1 aromatic heterocycles. The number of hydrogen-bond acceptors (Lipinski definition) is 5. The second-order valence-electron chi connectivity index (χ2n) is 6.06. The third-order valence-corrected chi connectivity index (χ3v) is 4.26. The van der Waals surface area contributed by atoms with E-state index in [4.69, 9.17) is 4.74 Å². The molecule has 1 saturated heterocycles. The van der Waals surface area contributed by atoms with Crippen molar-refractivity contribution in [1.82, 2.24) is 9.97 Å². The van der Waals surface area contributed by atoms with Crippen molar-refractivity contribution in [3.05, 3.63) is 47.9 Å². The SMILES string of the molecule is O=C1OCC(c2ccccc2)N1c1nc(NCC2CC2)ncc1F. The highest BCUT2D eigenvalue weighted by Crippen LogP contribution is 2.34. The first-order chi connectivity index (χ1) is 11.7. The number of nitrogens with one attached hydrogen (secondary N) is 1. The molecule has 1 aromatic carbocycles. The summed E-state index contributed by atoms with van der Waals surface area (Å²) < 4.78 is 19.4. The summed E-state index contributed by atoms with van der Waals surface area (Å²) in [5.41, 5.74) is 0.869. The second-order valence-corrected chi connectivity index (χ2v) is 6.06. The molecule has 1 N–H and O–H groups in total. The summed E-state index contributed by atoms with van der Waals surface area (Å²) in [5, 5.41) is 3.10. The Labute approximate surface area is 138 Å². The topological polar surface area (TPSA) is 67.3 Å². The van der Waals surface area contributed by atoms with Crippen LogP contribution < -0.4 is 10.2 Å². The van der Waals surface area contributed by atoms with Crippen LogP contribution in [0.1, 0.15) is 24.4 Å². The zero-order chi connectivity index (χ0) is 16.5. The van der Waals surface area contributed by atoms with E-state index in [-0.39, 0.29) is 12.4 Å². The molecule has 124 valence electrons. The predicted octanol–water partition coefficient (Wildman–Crippen LogP) is 3.14. The fourth-order valence-corrected chi connectivity index (χ4v) is 2.75. The maximum absolute atomic E-state index is 14.3. The van der Waals surface area contributed by atoms with Gasteiger partial charge in [0.15, 0.2) is 11.6 Å². The van der Waals surface area contributed by atoms with Crippen LogP contribution in [0.3, 0.4) is 0 Å². The third-order valence-electron chi connectivity index (χ3n) is 4.26. The Morgan fingerprint density at radius 3 is 2.83 bits per heavy atom. The minimum Gasteiger partial charge on any atom is -0.447 e. The van der Waals surface area contributed by atoms with E-state index in [1.54, 1.807) is 0 Å². The number of carbonyl (C=O) groups excluding carboxylic acids is 1. The molecule has 2 heterocycles. The van der Waals surface area contributed by atoms with Crippen LogP contribution in [0, 0.1) is 11.7 Å². The van der Waals surface area contributed by atoms with E-state index in [1.807, 2.05) is 30.3 Å². The van der Waals surface area contributed by atoms with Crippen LogP contribution in [0.15, 0.2) is 36.5 Å². The van der Waals surface area contributed by atoms with Gasteiger partial charge < -0.3 is 10.1 Å². The molecule has 1 aliphatic heterocycles. The monoisotopic (exact) mass is 328 g/mol. The molecule has 1 unspecified atom stereocenters. The Balaban J connectivity index is 1.64. The van der Waals surface area contributed by atoms with Crippen LogP contribution in [0.5, 0.6) is 0 Å². The largest absolute Gasteiger partial charge is 0.447 e. The predicted molar refractivity (Wildman–Crippen MR) is 86.2 cm³/mol. The average molecular weight is 328 g/mol. The van der Waals surface area contributed by atoms with Gasteiger partial charge in [-0.2, -0.15) is 4.98 Å². The third kappa shape index (κ3) is 2.89.